The summed E-state index contributed by atoms with van der Waals surface area (Å²) in [5, 5.41) is 13.9. The average molecular weight is 295 g/mol. The van der Waals surface area contributed by atoms with Gasteiger partial charge in [-0.25, -0.2) is 0 Å². The van der Waals surface area contributed by atoms with Crippen molar-refractivity contribution in [3.05, 3.63) is 10.4 Å². The molecule has 5 nitrogen and oxygen atoms in total. The fourth-order valence-electron chi connectivity index (χ4n) is 2.85. The summed E-state index contributed by atoms with van der Waals surface area (Å²) < 4.78 is 0. The molecule has 1 amide bonds. The van der Waals surface area contributed by atoms with Crippen LogP contribution in [0.5, 0.6) is 0 Å². The van der Waals surface area contributed by atoms with Gasteiger partial charge in [-0.05, 0) is 32.1 Å². The van der Waals surface area contributed by atoms with Crippen LogP contribution < -0.4 is 16.0 Å². The average Bonchev–Trinajstić information content (AvgIpc) is 3.08. The van der Waals surface area contributed by atoms with E-state index in [0.29, 0.717) is 23.0 Å². The number of nitrogen functional groups attached to an aromatic ring is 1. The van der Waals surface area contributed by atoms with Gasteiger partial charge in [0.1, 0.15) is 4.88 Å². The number of nitrogens with two attached hydrogens (primary N) is 1. The molecule has 110 valence electrons. The van der Waals surface area contributed by atoms with E-state index in [2.05, 4.69) is 10.2 Å². The maximum absolute atomic E-state index is 11.9. The summed E-state index contributed by atoms with van der Waals surface area (Å²) in [5.74, 6) is 0.372. The lowest BCUT2D eigenvalue weighted by molar-refractivity contribution is 0.0839. The first-order chi connectivity index (χ1) is 9.43. The Bertz CT molecular complexity index is 549. The van der Waals surface area contributed by atoms with E-state index in [-0.39, 0.29) is 5.91 Å². The smallest absolute Gasteiger partial charge is 0.263 e. The minimum atomic E-state index is -0.646. The Morgan fingerprint density at radius 2 is 2.25 bits per heavy atom. The van der Waals surface area contributed by atoms with Gasteiger partial charge in [0.05, 0.1) is 16.3 Å². The van der Waals surface area contributed by atoms with Crippen LogP contribution in [0, 0.1) is 0 Å². The van der Waals surface area contributed by atoms with Crippen molar-refractivity contribution in [2.45, 2.75) is 37.7 Å². The molecule has 2 aliphatic rings. The predicted molar refractivity (Wildman–Crippen MR) is 81.6 cm³/mol. The minimum Gasteiger partial charge on any atom is -0.397 e. The van der Waals surface area contributed by atoms with E-state index >= 15 is 0 Å². The van der Waals surface area contributed by atoms with Gasteiger partial charge in [0.15, 0.2) is 0 Å². The molecule has 1 saturated heterocycles. The molecule has 1 aliphatic carbocycles. The molecule has 2 heterocycles. The number of anilines is 2. The number of nitrogens with zero attached hydrogens (tertiary/aromatic N) is 1. The summed E-state index contributed by atoms with van der Waals surface area (Å²) in [4.78, 5) is 14.7. The third kappa shape index (κ3) is 2.27. The van der Waals surface area contributed by atoms with E-state index in [1.807, 2.05) is 6.92 Å². The van der Waals surface area contributed by atoms with Gasteiger partial charge in [0.2, 0.25) is 0 Å². The number of hydrogen-bond acceptors (Lipinski definition) is 5. The van der Waals surface area contributed by atoms with Crippen molar-refractivity contribution < 1.29 is 9.90 Å². The summed E-state index contributed by atoms with van der Waals surface area (Å²) in [7, 11) is 1.62. The zero-order chi connectivity index (χ0) is 14.5. The highest BCUT2D eigenvalue weighted by Gasteiger charge is 2.38. The van der Waals surface area contributed by atoms with Gasteiger partial charge in [-0.1, -0.05) is 0 Å². The quantitative estimate of drug-likeness (QED) is 0.790. The van der Waals surface area contributed by atoms with Gasteiger partial charge in [-0.3, -0.25) is 4.79 Å². The van der Waals surface area contributed by atoms with E-state index in [1.165, 1.54) is 11.3 Å². The highest BCUT2D eigenvalue weighted by atomic mass is 32.1. The van der Waals surface area contributed by atoms with Crippen molar-refractivity contribution in [1.29, 1.82) is 0 Å². The van der Waals surface area contributed by atoms with Gasteiger partial charge >= 0.3 is 0 Å². The molecular formula is C14H21N3O2S. The van der Waals surface area contributed by atoms with Crippen LogP contribution in [0.4, 0.5) is 10.7 Å². The molecule has 1 saturated carbocycles. The first-order valence-corrected chi connectivity index (χ1v) is 7.86. The minimum absolute atomic E-state index is 0.119. The monoisotopic (exact) mass is 295 g/mol. The molecule has 20 heavy (non-hydrogen) atoms. The summed E-state index contributed by atoms with van der Waals surface area (Å²) in [6.07, 6.45) is 3.04. The third-order valence-corrected chi connectivity index (χ3v) is 5.40. The van der Waals surface area contributed by atoms with E-state index in [4.69, 9.17) is 5.73 Å². The zero-order valence-electron chi connectivity index (χ0n) is 11.9. The van der Waals surface area contributed by atoms with Crippen LogP contribution in [0.2, 0.25) is 0 Å². The second-order valence-corrected chi connectivity index (χ2v) is 7.08. The number of carbonyl (C=O) groups excluding carboxylic acids is 1. The number of nitrogens with one attached hydrogen (secondary N) is 1. The van der Waals surface area contributed by atoms with E-state index in [0.717, 1.165) is 36.4 Å². The zero-order valence-corrected chi connectivity index (χ0v) is 12.7. The molecule has 1 aliphatic heterocycles. The summed E-state index contributed by atoms with van der Waals surface area (Å²) in [5.41, 5.74) is 7.34. The number of β-amino-alcohol motifs (C(OH)–C–C–N with tert-alkyl or cyclic N) is 1. The molecule has 2 fully saturated rings. The van der Waals surface area contributed by atoms with Gasteiger partial charge in [-0.2, -0.15) is 0 Å². The van der Waals surface area contributed by atoms with Crippen LogP contribution in [-0.4, -0.2) is 36.8 Å². The summed E-state index contributed by atoms with van der Waals surface area (Å²) in [6, 6.07) is 0. The van der Waals surface area contributed by atoms with Crippen molar-refractivity contribution in [3.63, 3.8) is 0 Å². The normalized spacial score (nSPS) is 26.1. The highest BCUT2D eigenvalue weighted by Crippen LogP contribution is 2.52. The number of amides is 1. The van der Waals surface area contributed by atoms with Crippen LogP contribution >= 0.6 is 11.3 Å². The Labute approximate surface area is 122 Å². The first kappa shape index (κ1) is 13.7. The van der Waals surface area contributed by atoms with Gasteiger partial charge in [0, 0.05) is 25.7 Å². The molecular weight excluding hydrogens is 274 g/mol. The molecule has 1 atom stereocenters. The van der Waals surface area contributed by atoms with Gasteiger partial charge in [-0.15, -0.1) is 11.3 Å². The molecule has 1 aromatic rings. The fourth-order valence-corrected chi connectivity index (χ4v) is 4.13. The fraction of sp³-hybridized carbons (Fsp3) is 0.643. The number of aliphatic hydroxyl groups is 1. The maximum Gasteiger partial charge on any atom is 0.263 e. The lowest BCUT2D eigenvalue weighted by atomic mass is 10.1. The van der Waals surface area contributed by atoms with E-state index in [1.54, 1.807) is 7.05 Å². The van der Waals surface area contributed by atoms with Crippen LogP contribution in [-0.2, 0) is 0 Å². The molecule has 3 rings (SSSR count). The van der Waals surface area contributed by atoms with Crippen molar-refractivity contribution in [2.24, 2.45) is 0 Å². The first-order valence-electron chi connectivity index (χ1n) is 7.04. The Balaban J connectivity index is 1.99. The van der Waals surface area contributed by atoms with Crippen LogP contribution in [0.25, 0.3) is 0 Å². The molecule has 0 bridgehead atoms. The van der Waals surface area contributed by atoms with Gasteiger partial charge in [0.25, 0.3) is 5.91 Å². The molecule has 1 aromatic heterocycles. The van der Waals surface area contributed by atoms with E-state index < -0.39 is 5.60 Å². The SMILES string of the molecule is CNC(=O)c1sc(N2CCC(C)(O)C2)c(C2CC2)c1N. The number of thiophene rings is 1. The number of rotatable bonds is 3. The third-order valence-electron chi connectivity index (χ3n) is 4.12. The Morgan fingerprint density at radius 1 is 1.55 bits per heavy atom. The lowest BCUT2D eigenvalue weighted by Gasteiger charge is -2.20. The topological polar surface area (TPSA) is 78.6 Å². The molecule has 6 heteroatoms. The Hall–Kier alpha value is -1.27. The second kappa shape index (κ2) is 4.63. The second-order valence-electron chi connectivity index (χ2n) is 6.09. The van der Waals surface area contributed by atoms with Crippen molar-refractivity contribution >= 4 is 27.9 Å². The largest absolute Gasteiger partial charge is 0.397 e. The molecule has 4 N–H and O–H groups in total. The van der Waals surface area contributed by atoms with Crippen LogP contribution in [0.3, 0.4) is 0 Å². The molecule has 0 spiro atoms. The standard InChI is InChI=1S/C14H21N3O2S/c1-14(19)5-6-17(7-14)13-9(8-3-4-8)10(15)11(20-13)12(18)16-2/h8,19H,3-7,15H2,1-2H3,(H,16,18). The predicted octanol–water partition coefficient (Wildman–Crippen LogP) is 1.53. The van der Waals surface area contributed by atoms with Gasteiger partial charge < -0.3 is 21.1 Å². The number of hydrogen-bond donors (Lipinski definition) is 3. The molecule has 1 unspecified atom stereocenters. The van der Waals surface area contributed by atoms with Crippen molar-refractivity contribution in [1.82, 2.24) is 5.32 Å². The molecule has 0 aromatic carbocycles. The Kier molecular flexibility index (Phi) is 3.17. The van der Waals surface area contributed by atoms with Crippen molar-refractivity contribution in [3.8, 4) is 0 Å². The Morgan fingerprint density at radius 3 is 2.75 bits per heavy atom. The maximum atomic E-state index is 11.9. The van der Waals surface area contributed by atoms with E-state index in [9.17, 15) is 9.90 Å². The van der Waals surface area contributed by atoms with Crippen LogP contribution in [0.15, 0.2) is 0 Å². The van der Waals surface area contributed by atoms with Crippen LogP contribution in [0.1, 0.15) is 47.3 Å². The lowest BCUT2D eigenvalue weighted by Crippen LogP contribution is -2.29. The molecule has 0 radical (unpaired) electrons. The highest BCUT2D eigenvalue weighted by molar-refractivity contribution is 7.18. The van der Waals surface area contributed by atoms with Crippen molar-refractivity contribution in [2.75, 3.05) is 30.8 Å². The number of carbonyl (C=O) groups is 1. The summed E-state index contributed by atoms with van der Waals surface area (Å²) >= 11 is 1.46. The summed E-state index contributed by atoms with van der Waals surface area (Å²) in [6.45, 7) is 3.29.